The summed E-state index contributed by atoms with van der Waals surface area (Å²) in [4.78, 5) is 48.9. The van der Waals surface area contributed by atoms with Crippen LogP contribution in [0.15, 0.2) is 73.2 Å². The van der Waals surface area contributed by atoms with Crippen molar-refractivity contribution < 1.29 is 24.2 Å². The molecule has 0 unspecified atom stereocenters. The number of amides is 3. The van der Waals surface area contributed by atoms with E-state index in [9.17, 15) is 19.5 Å². The second-order valence-corrected chi connectivity index (χ2v) is 15.0. The van der Waals surface area contributed by atoms with Crippen molar-refractivity contribution in [3.05, 3.63) is 90.0 Å². The summed E-state index contributed by atoms with van der Waals surface area (Å²) >= 11 is 0. The molecule has 278 valence electrons. The van der Waals surface area contributed by atoms with Crippen LogP contribution in [0.5, 0.6) is 0 Å². The Labute approximate surface area is 303 Å². The molecule has 11 heteroatoms. The van der Waals surface area contributed by atoms with Crippen molar-refractivity contribution >= 4 is 17.9 Å². The van der Waals surface area contributed by atoms with Crippen LogP contribution in [0.4, 0.5) is 4.79 Å². The first-order chi connectivity index (χ1) is 24.4. The Morgan fingerprint density at radius 1 is 0.961 bits per heavy atom. The molecule has 1 heterocycles. The zero-order valence-electron chi connectivity index (χ0n) is 30.8. The number of imidazole rings is 1. The van der Waals surface area contributed by atoms with Crippen molar-refractivity contribution in [2.24, 2.45) is 5.92 Å². The van der Waals surface area contributed by atoms with Gasteiger partial charge in [0.1, 0.15) is 5.60 Å². The van der Waals surface area contributed by atoms with Gasteiger partial charge in [-0.15, -0.1) is 0 Å². The lowest BCUT2D eigenvalue weighted by atomic mass is 9.83. The Kier molecular flexibility index (Phi) is 15.5. The van der Waals surface area contributed by atoms with E-state index in [1.807, 2.05) is 81.4 Å². The fraction of sp³-hybridized carbons (Fsp3) is 0.550. The van der Waals surface area contributed by atoms with E-state index in [1.165, 1.54) is 6.42 Å². The van der Waals surface area contributed by atoms with Gasteiger partial charge in [0, 0.05) is 50.9 Å². The number of carbonyl (C=O) groups excluding carboxylic acids is 3. The van der Waals surface area contributed by atoms with Gasteiger partial charge in [0.05, 0.1) is 24.5 Å². The predicted octanol–water partition coefficient (Wildman–Crippen LogP) is 4.95. The van der Waals surface area contributed by atoms with E-state index < -0.39 is 29.9 Å². The maximum Gasteiger partial charge on any atom is 0.407 e. The average Bonchev–Trinajstić information content (AvgIpc) is 3.62. The van der Waals surface area contributed by atoms with Crippen LogP contribution in [0, 0.1) is 5.92 Å². The summed E-state index contributed by atoms with van der Waals surface area (Å²) in [6, 6.07) is 18.1. The smallest absolute Gasteiger partial charge is 0.407 e. The maximum atomic E-state index is 14.2. The van der Waals surface area contributed by atoms with Gasteiger partial charge in [0.15, 0.2) is 0 Å². The topological polar surface area (TPSA) is 149 Å². The molecule has 1 aliphatic rings. The summed E-state index contributed by atoms with van der Waals surface area (Å²) in [5.41, 5.74) is 2.24. The molecule has 1 saturated carbocycles. The zero-order chi connectivity index (χ0) is 36.6. The van der Waals surface area contributed by atoms with E-state index >= 15 is 0 Å². The molecule has 3 amide bonds. The number of nitrogens with zero attached hydrogens (tertiary/aromatic N) is 2. The van der Waals surface area contributed by atoms with Crippen molar-refractivity contribution in [3.8, 4) is 0 Å². The van der Waals surface area contributed by atoms with Crippen LogP contribution in [0.25, 0.3) is 0 Å². The highest BCUT2D eigenvalue weighted by atomic mass is 16.6. The standard InChI is InChI=1S/C40H58N6O5/c1-40(2,3)51-39(50)44-33(22-30-16-10-6-11-17-30)26-42-35(24-32-25-41-28-43-32)38(49)45-34(23-31-18-12-7-13-19-31)36(47)27-46(4)37(48)21-20-29-14-8-5-9-15-29/h5-6,8-11,14-17,25,28,31,33-36,42,47H,7,12-13,18-24,26-27H2,1-4H3,(H,41,43)(H,44,50)(H,45,49)/t33-,34-,35-,36-/m0/s1. The first kappa shape index (κ1) is 39.6. The number of H-pyrrole nitrogens is 1. The van der Waals surface area contributed by atoms with E-state index in [0.717, 1.165) is 42.5 Å². The van der Waals surface area contributed by atoms with Crippen LogP contribution in [-0.2, 0) is 33.6 Å². The summed E-state index contributed by atoms with van der Waals surface area (Å²) in [5.74, 6) is 0.0599. The van der Waals surface area contributed by atoms with Crippen molar-refractivity contribution in [2.45, 2.75) is 115 Å². The van der Waals surface area contributed by atoms with E-state index in [0.29, 0.717) is 38.0 Å². The van der Waals surface area contributed by atoms with Gasteiger partial charge in [-0.2, -0.15) is 0 Å². The van der Waals surface area contributed by atoms with Gasteiger partial charge in [-0.3, -0.25) is 9.59 Å². The third kappa shape index (κ3) is 14.5. The van der Waals surface area contributed by atoms with E-state index in [4.69, 9.17) is 4.74 Å². The maximum absolute atomic E-state index is 14.2. The Morgan fingerprint density at radius 2 is 1.63 bits per heavy atom. The Balaban J connectivity index is 1.46. The minimum atomic E-state index is -0.950. The van der Waals surface area contributed by atoms with Gasteiger partial charge in [-0.05, 0) is 57.1 Å². The van der Waals surface area contributed by atoms with Crippen LogP contribution in [-0.4, -0.2) is 87.8 Å². The fourth-order valence-electron chi connectivity index (χ4n) is 6.68. The lowest BCUT2D eigenvalue weighted by Crippen LogP contribution is -2.56. The van der Waals surface area contributed by atoms with Crippen LogP contribution >= 0.6 is 0 Å². The number of hydrogen-bond donors (Lipinski definition) is 5. The lowest BCUT2D eigenvalue weighted by molar-refractivity contribution is -0.131. The van der Waals surface area contributed by atoms with Crippen LogP contribution < -0.4 is 16.0 Å². The molecular weight excluding hydrogens is 644 g/mol. The molecule has 51 heavy (non-hydrogen) atoms. The molecule has 4 rings (SSSR count). The number of rotatable bonds is 18. The third-order valence-corrected chi connectivity index (χ3v) is 9.41. The van der Waals surface area contributed by atoms with Gasteiger partial charge in [0.25, 0.3) is 0 Å². The molecule has 1 aliphatic carbocycles. The van der Waals surface area contributed by atoms with Gasteiger partial charge in [-0.25, -0.2) is 9.78 Å². The molecular formula is C40H58N6O5. The third-order valence-electron chi connectivity index (χ3n) is 9.41. The molecule has 0 saturated heterocycles. The summed E-state index contributed by atoms with van der Waals surface area (Å²) < 4.78 is 5.56. The van der Waals surface area contributed by atoms with Crippen LogP contribution in [0.2, 0.25) is 0 Å². The average molecular weight is 703 g/mol. The Morgan fingerprint density at radius 3 is 2.25 bits per heavy atom. The molecule has 3 aromatic rings. The molecule has 1 aromatic heterocycles. The first-order valence-electron chi connectivity index (χ1n) is 18.5. The second-order valence-electron chi connectivity index (χ2n) is 15.0. The number of nitrogens with one attached hydrogen (secondary N) is 4. The summed E-state index contributed by atoms with van der Waals surface area (Å²) in [5, 5.41) is 21.2. The lowest BCUT2D eigenvalue weighted by Gasteiger charge is -2.33. The van der Waals surface area contributed by atoms with Gasteiger partial charge in [0.2, 0.25) is 11.8 Å². The molecule has 2 aromatic carbocycles. The second kappa shape index (κ2) is 20.0. The number of alkyl carbamates (subject to hydrolysis) is 1. The minimum Gasteiger partial charge on any atom is -0.444 e. The van der Waals surface area contributed by atoms with Crippen LogP contribution in [0.1, 0.15) is 82.5 Å². The molecule has 0 radical (unpaired) electrons. The number of hydrogen-bond acceptors (Lipinski definition) is 7. The highest BCUT2D eigenvalue weighted by Gasteiger charge is 2.31. The minimum absolute atomic E-state index is 0.0543. The van der Waals surface area contributed by atoms with Crippen molar-refractivity contribution in [1.82, 2.24) is 30.8 Å². The van der Waals surface area contributed by atoms with E-state index in [-0.39, 0.29) is 30.9 Å². The Bertz CT molecular complexity index is 1460. The number of ether oxygens (including phenoxy) is 1. The molecule has 4 atom stereocenters. The summed E-state index contributed by atoms with van der Waals surface area (Å²) in [6.45, 7) is 5.85. The predicted molar refractivity (Wildman–Crippen MR) is 199 cm³/mol. The van der Waals surface area contributed by atoms with Crippen molar-refractivity contribution in [1.29, 1.82) is 0 Å². The monoisotopic (exact) mass is 702 g/mol. The quantitative estimate of drug-likeness (QED) is 0.126. The number of aryl methyl sites for hydroxylation is 1. The number of benzene rings is 2. The normalized spacial score (nSPS) is 16.0. The molecule has 0 aliphatic heterocycles. The van der Waals surface area contributed by atoms with Crippen molar-refractivity contribution in [3.63, 3.8) is 0 Å². The molecule has 11 nitrogen and oxygen atoms in total. The largest absolute Gasteiger partial charge is 0.444 e. The number of carbonyl (C=O) groups is 3. The number of likely N-dealkylation sites (N-methyl/N-ethyl adjacent to an activating group) is 1. The van der Waals surface area contributed by atoms with E-state index in [2.05, 4.69) is 25.9 Å². The number of aromatic amines is 1. The molecule has 0 spiro atoms. The molecule has 0 bridgehead atoms. The van der Waals surface area contributed by atoms with Gasteiger partial charge in [-0.1, -0.05) is 92.8 Å². The van der Waals surface area contributed by atoms with Crippen molar-refractivity contribution in [2.75, 3.05) is 20.1 Å². The van der Waals surface area contributed by atoms with Gasteiger partial charge >= 0.3 is 6.09 Å². The molecule has 1 fully saturated rings. The zero-order valence-corrected chi connectivity index (χ0v) is 30.8. The number of aliphatic hydroxyl groups is 1. The van der Waals surface area contributed by atoms with Crippen LogP contribution in [0.3, 0.4) is 0 Å². The molecule has 5 N–H and O–H groups in total. The first-order valence-corrected chi connectivity index (χ1v) is 18.5. The van der Waals surface area contributed by atoms with E-state index in [1.54, 1.807) is 24.5 Å². The highest BCUT2D eigenvalue weighted by molar-refractivity contribution is 5.82. The van der Waals surface area contributed by atoms with Gasteiger partial charge < -0.3 is 35.7 Å². The number of aromatic nitrogens is 2. The summed E-state index contributed by atoms with van der Waals surface area (Å²) in [6.07, 6.45) is 9.80. The number of aliphatic hydroxyl groups excluding tert-OH is 1. The SMILES string of the molecule is CN(C[C@H](O)[C@H](CC1CCCCC1)NC(=O)[C@H](Cc1cnc[nH]1)NC[C@H](Cc1ccccc1)NC(=O)OC(C)(C)C)C(=O)CCc1ccccc1. The summed E-state index contributed by atoms with van der Waals surface area (Å²) in [7, 11) is 1.71. The fourth-order valence-corrected chi connectivity index (χ4v) is 6.68. The highest BCUT2D eigenvalue weighted by Crippen LogP contribution is 2.28. The Hall–Kier alpha value is -4.22.